The first-order chi connectivity index (χ1) is 11.3. The maximum Gasteiger partial charge on any atom is 0.143 e. The average molecular weight is 300 g/mol. The van der Waals surface area contributed by atoms with Gasteiger partial charge in [-0.05, 0) is 30.3 Å². The molecule has 4 nitrogen and oxygen atoms in total. The van der Waals surface area contributed by atoms with Crippen molar-refractivity contribution in [3.05, 3.63) is 60.7 Å². The van der Waals surface area contributed by atoms with Crippen LogP contribution < -0.4 is 0 Å². The first-order valence-electron chi connectivity index (χ1n) is 7.39. The van der Waals surface area contributed by atoms with Gasteiger partial charge in [-0.3, -0.25) is 0 Å². The molecule has 0 fully saturated rings. The van der Waals surface area contributed by atoms with Crippen molar-refractivity contribution < 1.29 is 9.52 Å². The second kappa shape index (κ2) is 4.36. The van der Waals surface area contributed by atoms with Crippen LogP contribution in [0.25, 0.3) is 44.4 Å². The first-order valence-corrected chi connectivity index (χ1v) is 7.39. The molecule has 0 aliphatic carbocycles. The number of imidazole rings is 1. The molecule has 0 unspecified atom stereocenters. The molecule has 23 heavy (non-hydrogen) atoms. The zero-order chi connectivity index (χ0) is 15.4. The number of phenolic OH excluding ortho intramolecular Hbond substituents is 1. The Hall–Kier alpha value is -3.27. The fourth-order valence-electron chi connectivity index (χ4n) is 3.12. The summed E-state index contributed by atoms with van der Waals surface area (Å²) in [4.78, 5) is 7.91. The van der Waals surface area contributed by atoms with Crippen LogP contribution in [0.4, 0.5) is 0 Å². The molecule has 0 amide bonds. The van der Waals surface area contributed by atoms with Gasteiger partial charge in [-0.25, -0.2) is 4.98 Å². The number of hydrogen-bond donors (Lipinski definition) is 2. The lowest BCUT2D eigenvalue weighted by atomic mass is 10.0. The van der Waals surface area contributed by atoms with Crippen LogP contribution in [0, 0.1) is 0 Å². The van der Waals surface area contributed by atoms with Gasteiger partial charge in [-0.15, -0.1) is 0 Å². The molecule has 0 aliphatic rings. The Balaban J connectivity index is 1.94. The van der Waals surface area contributed by atoms with E-state index in [4.69, 9.17) is 4.42 Å². The predicted molar refractivity (Wildman–Crippen MR) is 90.5 cm³/mol. The molecule has 3 aromatic carbocycles. The third-order valence-corrected chi connectivity index (χ3v) is 4.15. The molecule has 2 N–H and O–H groups in total. The number of fused-ring (bicyclic) bond motifs is 4. The monoisotopic (exact) mass is 300 g/mol. The summed E-state index contributed by atoms with van der Waals surface area (Å²) in [5, 5.41) is 12.3. The van der Waals surface area contributed by atoms with Gasteiger partial charge in [0.2, 0.25) is 0 Å². The zero-order valence-electron chi connectivity index (χ0n) is 12.1. The van der Waals surface area contributed by atoms with Crippen LogP contribution in [0.1, 0.15) is 0 Å². The highest BCUT2D eigenvalue weighted by Crippen LogP contribution is 2.40. The molecule has 2 heterocycles. The average Bonchev–Trinajstić information content (AvgIpc) is 3.15. The molecule has 0 saturated heterocycles. The third-order valence-electron chi connectivity index (χ3n) is 4.15. The zero-order valence-corrected chi connectivity index (χ0v) is 12.1. The van der Waals surface area contributed by atoms with E-state index in [1.54, 1.807) is 12.1 Å². The van der Waals surface area contributed by atoms with Gasteiger partial charge in [-0.2, -0.15) is 0 Å². The molecule has 5 rings (SSSR count). The minimum absolute atomic E-state index is 0.183. The number of nitrogens with one attached hydrogen (secondary N) is 1. The summed E-state index contributed by atoms with van der Waals surface area (Å²) in [7, 11) is 0. The maximum atomic E-state index is 10.5. The number of hydrogen-bond acceptors (Lipinski definition) is 3. The van der Waals surface area contributed by atoms with Gasteiger partial charge in [0.25, 0.3) is 0 Å². The molecule has 0 aliphatic heterocycles. The number of nitrogens with zero attached hydrogens (tertiary/aromatic N) is 1. The number of H-pyrrole nitrogens is 1. The number of aromatic amines is 1. The standard InChI is InChI=1S/C19H12N2O2/c22-14-9-10-16-17(11-5-1-4-8-15(11)23-16)18(14)19-20-12-6-2-3-7-13(12)21-19/h1-10,22H,(H,20,21). The van der Waals surface area contributed by atoms with Crippen LogP contribution in [0.15, 0.2) is 65.1 Å². The van der Waals surface area contributed by atoms with E-state index < -0.39 is 0 Å². The van der Waals surface area contributed by atoms with Crippen LogP contribution in [0.2, 0.25) is 0 Å². The van der Waals surface area contributed by atoms with E-state index in [-0.39, 0.29) is 5.75 Å². The normalized spacial score (nSPS) is 11.7. The minimum atomic E-state index is 0.183. The van der Waals surface area contributed by atoms with E-state index in [0.29, 0.717) is 11.4 Å². The molecule has 0 spiro atoms. The van der Waals surface area contributed by atoms with Gasteiger partial charge in [0.1, 0.15) is 22.7 Å². The number of aromatic nitrogens is 2. The first kappa shape index (κ1) is 12.3. The van der Waals surface area contributed by atoms with Crippen molar-refractivity contribution in [1.29, 1.82) is 0 Å². The van der Waals surface area contributed by atoms with Crippen LogP contribution in [0.5, 0.6) is 5.75 Å². The maximum absolute atomic E-state index is 10.5. The molecule has 0 atom stereocenters. The summed E-state index contributed by atoms with van der Waals surface area (Å²) in [6.45, 7) is 0. The number of phenols is 1. The Labute approximate surface area is 131 Å². The van der Waals surface area contributed by atoms with E-state index in [1.807, 2.05) is 48.5 Å². The largest absolute Gasteiger partial charge is 0.507 e. The molecule has 2 aromatic heterocycles. The van der Waals surface area contributed by atoms with E-state index in [1.165, 1.54) is 0 Å². The summed E-state index contributed by atoms with van der Waals surface area (Å²) in [6, 6.07) is 19.1. The number of benzene rings is 3. The number of para-hydroxylation sites is 3. The highest BCUT2D eigenvalue weighted by atomic mass is 16.3. The highest BCUT2D eigenvalue weighted by molar-refractivity contribution is 6.13. The Morgan fingerprint density at radius 2 is 1.70 bits per heavy atom. The van der Waals surface area contributed by atoms with Crippen molar-refractivity contribution in [2.45, 2.75) is 0 Å². The summed E-state index contributed by atoms with van der Waals surface area (Å²) in [6.07, 6.45) is 0. The second-order valence-electron chi connectivity index (χ2n) is 5.53. The Bertz CT molecular complexity index is 1150. The van der Waals surface area contributed by atoms with Gasteiger partial charge >= 0.3 is 0 Å². The number of rotatable bonds is 1. The number of aromatic hydroxyl groups is 1. The summed E-state index contributed by atoms with van der Waals surface area (Å²) >= 11 is 0. The molecule has 5 aromatic rings. The lowest BCUT2D eigenvalue weighted by molar-refractivity contribution is 0.477. The Kier molecular flexibility index (Phi) is 2.33. The molecule has 110 valence electrons. The minimum Gasteiger partial charge on any atom is -0.507 e. The molecule has 4 heteroatoms. The van der Waals surface area contributed by atoms with Crippen LogP contribution in [-0.4, -0.2) is 15.1 Å². The van der Waals surface area contributed by atoms with E-state index >= 15 is 0 Å². The second-order valence-corrected chi connectivity index (χ2v) is 5.53. The van der Waals surface area contributed by atoms with E-state index in [9.17, 15) is 5.11 Å². The third kappa shape index (κ3) is 1.69. The fraction of sp³-hybridized carbons (Fsp3) is 0. The van der Waals surface area contributed by atoms with Crippen molar-refractivity contribution in [1.82, 2.24) is 9.97 Å². The molecule has 0 saturated carbocycles. The number of furan rings is 1. The smallest absolute Gasteiger partial charge is 0.143 e. The quantitative estimate of drug-likeness (QED) is 0.466. The van der Waals surface area contributed by atoms with Gasteiger partial charge in [0.15, 0.2) is 0 Å². The predicted octanol–water partition coefficient (Wildman–Crippen LogP) is 4.83. The molecule has 0 radical (unpaired) electrons. The van der Waals surface area contributed by atoms with Gasteiger partial charge in [-0.1, -0.05) is 30.3 Å². The van der Waals surface area contributed by atoms with Crippen molar-refractivity contribution >= 4 is 33.0 Å². The van der Waals surface area contributed by atoms with Crippen LogP contribution in [0.3, 0.4) is 0 Å². The highest BCUT2D eigenvalue weighted by Gasteiger charge is 2.18. The summed E-state index contributed by atoms with van der Waals surface area (Å²) in [5.74, 6) is 0.823. The van der Waals surface area contributed by atoms with Gasteiger partial charge in [0.05, 0.1) is 16.6 Å². The molecular weight excluding hydrogens is 288 g/mol. The Morgan fingerprint density at radius 1 is 0.870 bits per heavy atom. The van der Waals surface area contributed by atoms with E-state index in [2.05, 4.69) is 9.97 Å². The molecule has 0 bridgehead atoms. The van der Waals surface area contributed by atoms with Crippen LogP contribution in [-0.2, 0) is 0 Å². The Morgan fingerprint density at radius 3 is 2.61 bits per heavy atom. The summed E-state index contributed by atoms with van der Waals surface area (Å²) < 4.78 is 5.89. The topological polar surface area (TPSA) is 62.1 Å². The van der Waals surface area contributed by atoms with E-state index in [0.717, 1.165) is 33.0 Å². The van der Waals surface area contributed by atoms with Crippen molar-refractivity contribution in [3.63, 3.8) is 0 Å². The van der Waals surface area contributed by atoms with Crippen molar-refractivity contribution in [3.8, 4) is 17.1 Å². The SMILES string of the molecule is Oc1ccc2oc3ccccc3c2c1-c1nc2ccccc2[nH]1. The molecular formula is C19H12N2O2. The van der Waals surface area contributed by atoms with Crippen molar-refractivity contribution in [2.24, 2.45) is 0 Å². The van der Waals surface area contributed by atoms with Gasteiger partial charge < -0.3 is 14.5 Å². The van der Waals surface area contributed by atoms with Gasteiger partial charge in [0, 0.05) is 10.8 Å². The summed E-state index contributed by atoms with van der Waals surface area (Å²) in [5.41, 5.74) is 4.01. The fourth-order valence-corrected chi connectivity index (χ4v) is 3.12. The van der Waals surface area contributed by atoms with Crippen LogP contribution >= 0.6 is 0 Å². The lowest BCUT2D eigenvalue weighted by Gasteiger charge is -2.03. The van der Waals surface area contributed by atoms with Crippen molar-refractivity contribution in [2.75, 3.05) is 0 Å². The lowest BCUT2D eigenvalue weighted by Crippen LogP contribution is -1.83.